The Hall–Kier alpha value is -3.17. The summed E-state index contributed by atoms with van der Waals surface area (Å²) in [6, 6.07) is 12.6. The molecule has 140 valence electrons. The summed E-state index contributed by atoms with van der Waals surface area (Å²) in [4.78, 5) is 27.5. The highest BCUT2D eigenvalue weighted by atomic mass is 32.2. The van der Waals surface area contributed by atoms with Gasteiger partial charge in [0.05, 0.1) is 10.5 Å². The highest BCUT2D eigenvalue weighted by Crippen LogP contribution is 2.19. The molecule has 0 radical (unpaired) electrons. The van der Waals surface area contributed by atoms with E-state index in [1.165, 1.54) is 37.4 Å². The van der Waals surface area contributed by atoms with E-state index in [4.69, 9.17) is 9.88 Å². The first-order valence-electron chi connectivity index (χ1n) is 7.96. The highest BCUT2D eigenvalue weighted by Gasteiger charge is 2.21. The molecule has 0 aliphatic carbocycles. The molecule has 2 aromatic carbocycles. The van der Waals surface area contributed by atoms with Gasteiger partial charge >= 0.3 is 5.97 Å². The lowest BCUT2D eigenvalue weighted by Gasteiger charge is -2.13. The molecule has 0 aliphatic heterocycles. The number of carbonyl (C=O) groups excluding carboxylic acids is 2. The number of fused-ring (bicyclic) bond motifs is 1. The van der Waals surface area contributed by atoms with E-state index in [1.54, 1.807) is 12.1 Å². The van der Waals surface area contributed by atoms with Gasteiger partial charge in [0.25, 0.3) is 5.91 Å². The molecule has 0 fully saturated rings. The van der Waals surface area contributed by atoms with Crippen molar-refractivity contribution >= 4 is 38.5 Å². The van der Waals surface area contributed by atoms with Gasteiger partial charge in [0.15, 0.2) is 6.10 Å². The Morgan fingerprint density at radius 3 is 2.44 bits per heavy atom. The molecule has 1 aromatic heterocycles. The molecule has 0 bridgehead atoms. The van der Waals surface area contributed by atoms with E-state index in [1.807, 2.05) is 12.1 Å². The summed E-state index contributed by atoms with van der Waals surface area (Å²) in [5.41, 5.74) is 1.47. The number of benzene rings is 2. The van der Waals surface area contributed by atoms with E-state index < -0.39 is 28.0 Å². The van der Waals surface area contributed by atoms with Crippen molar-refractivity contribution in [3.63, 3.8) is 0 Å². The van der Waals surface area contributed by atoms with Crippen LogP contribution in [0.25, 0.3) is 10.9 Å². The predicted octanol–water partition coefficient (Wildman–Crippen LogP) is 2.00. The number of anilines is 1. The third kappa shape index (κ3) is 4.15. The van der Waals surface area contributed by atoms with Gasteiger partial charge in [-0.15, -0.1) is 0 Å². The molecular weight excluding hydrogens is 370 g/mol. The number of H-pyrrole nitrogens is 1. The molecule has 0 saturated carbocycles. The van der Waals surface area contributed by atoms with Gasteiger partial charge < -0.3 is 15.0 Å². The van der Waals surface area contributed by atoms with Crippen molar-refractivity contribution in [1.82, 2.24) is 4.98 Å². The van der Waals surface area contributed by atoms with E-state index in [9.17, 15) is 18.0 Å². The number of amides is 1. The molecule has 3 rings (SSSR count). The van der Waals surface area contributed by atoms with Gasteiger partial charge in [-0.2, -0.15) is 0 Å². The van der Waals surface area contributed by atoms with Crippen molar-refractivity contribution < 1.29 is 22.7 Å². The molecule has 27 heavy (non-hydrogen) atoms. The van der Waals surface area contributed by atoms with Crippen LogP contribution in [0, 0.1) is 0 Å². The fourth-order valence-electron chi connectivity index (χ4n) is 2.49. The Labute approximate surface area is 155 Å². The molecule has 0 unspecified atom stereocenters. The molecular formula is C18H17N3O5S. The van der Waals surface area contributed by atoms with Crippen LogP contribution in [0.4, 0.5) is 5.69 Å². The summed E-state index contributed by atoms with van der Waals surface area (Å²) in [7, 11) is -3.81. The highest BCUT2D eigenvalue weighted by molar-refractivity contribution is 7.89. The lowest BCUT2D eigenvalue weighted by atomic mass is 10.2. The topological polar surface area (TPSA) is 131 Å². The first-order chi connectivity index (χ1) is 12.8. The fourth-order valence-corrected chi connectivity index (χ4v) is 3.01. The molecule has 0 aliphatic rings. The largest absolute Gasteiger partial charge is 0.449 e. The van der Waals surface area contributed by atoms with Gasteiger partial charge in [0.2, 0.25) is 10.0 Å². The minimum absolute atomic E-state index is 0.0701. The number of nitrogens with one attached hydrogen (secondary N) is 2. The lowest BCUT2D eigenvalue weighted by molar-refractivity contribution is -0.123. The molecule has 0 saturated heterocycles. The van der Waals surface area contributed by atoms with Gasteiger partial charge in [-0.05, 0) is 37.3 Å². The number of primary sulfonamides is 1. The number of para-hydroxylation sites is 1. The number of nitrogens with two attached hydrogens (primary N) is 1. The molecule has 1 amide bonds. The second-order valence-corrected chi connectivity index (χ2v) is 7.42. The maximum Gasteiger partial charge on any atom is 0.341 e. The van der Waals surface area contributed by atoms with Crippen molar-refractivity contribution in [3.05, 3.63) is 60.3 Å². The van der Waals surface area contributed by atoms with Crippen molar-refractivity contribution in [2.24, 2.45) is 5.14 Å². The summed E-state index contributed by atoms with van der Waals surface area (Å²) in [6.07, 6.45) is 0.480. The number of hydrogen-bond acceptors (Lipinski definition) is 5. The number of ether oxygens (including phenoxy) is 1. The molecule has 4 N–H and O–H groups in total. The number of carbonyl (C=O) groups is 2. The monoisotopic (exact) mass is 387 g/mol. The standard InChI is InChI=1S/C18H17N3O5S/c1-11(17(22)21-12-6-8-13(9-7-12)27(19,24)25)26-18(23)15-10-20-16-5-3-2-4-14(15)16/h2-11,20H,1H3,(H,21,22)(H2,19,24,25)/t11-/m0/s1. The average molecular weight is 387 g/mol. The lowest BCUT2D eigenvalue weighted by Crippen LogP contribution is -2.30. The molecule has 1 atom stereocenters. The van der Waals surface area contributed by atoms with Crippen LogP contribution in [0.1, 0.15) is 17.3 Å². The van der Waals surface area contributed by atoms with Crippen LogP contribution < -0.4 is 10.5 Å². The Morgan fingerprint density at radius 1 is 1.11 bits per heavy atom. The average Bonchev–Trinajstić information content (AvgIpc) is 3.05. The normalized spacial score (nSPS) is 12.5. The Kier molecular flexibility index (Phi) is 4.98. The molecule has 8 nitrogen and oxygen atoms in total. The van der Waals surface area contributed by atoms with Gasteiger partial charge in [0, 0.05) is 22.8 Å². The van der Waals surface area contributed by atoms with Gasteiger partial charge in [0.1, 0.15) is 0 Å². The summed E-state index contributed by atoms with van der Waals surface area (Å²) in [5, 5.41) is 8.27. The van der Waals surface area contributed by atoms with E-state index in [2.05, 4.69) is 10.3 Å². The van der Waals surface area contributed by atoms with E-state index in [0.717, 1.165) is 5.52 Å². The third-order valence-corrected chi connectivity index (χ3v) is 4.84. The number of aromatic amines is 1. The Morgan fingerprint density at radius 2 is 1.78 bits per heavy atom. The van der Waals surface area contributed by atoms with Gasteiger partial charge in [-0.25, -0.2) is 18.4 Å². The minimum Gasteiger partial charge on any atom is -0.449 e. The van der Waals surface area contributed by atoms with Crippen molar-refractivity contribution in [2.75, 3.05) is 5.32 Å². The zero-order valence-corrected chi connectivity index (χ0v) is 15.1. The van der Waals surface area contributed by atoms with Crippen molar-refractivity contribution in [2.45, 2.75) is 17.9 Å². The number of aromatic nitrogens is 1. The van der Waals surface area contributed by atoms with Crippen LogP contribution in [-0.4, -0.2) is 31.4 Å². The smallest absolute Gasteiger partial charge is 0.341 e. The molecule has 3 aromatic rings. The zero-order valence-electron chi connectivity index (χ0n) is 14.3. The Bertz CT molecular complexity index is 1100. The second kappa shape index (κ2) is 7.22. The van der Waals surface area contributed by atoms with Crippen LogP contribution >= 0.6 is 0 Å². The van der Waals surface area contributed by atoms with Crippen molar-refractivity contribution in [3.8, 4) is 0 Å². The van der Waals surface area contributed by atoms with Crippen LogP contribution in [0.5, 0.6) is 0 Å². The number of hydrogen-bond donors (Lipinski definition) is 3. The predicted molar refractivity (Wildman–Crippen MR) is 99.6 cm³/mol. The number of esters is 1. The third-order valence-electron chi connectivity index (χ3n) is 3.91. The summed E-state index contributed by atoms with van der Waals surface area (Å²) in [6.45, 7) is 1.45. The minimum atomic E-state index is -3.81. The van der Waals surface area contributed by atoms with Crippen LogP contribution in [0.2, 0.25) is 0 Å². The Balaban J connectivity index is 1.66. The maximum absolute atomic E-state index is 12.3. The van der Waals surface area contributed by atoms with E-state index in [0.29, 0.717) is 16.6 Å². The first-order valence-corrected chi connectivity index (χ1v) is 9.51. The number of rotatable bonds is 5. The second-order valence-electron chi connectivity index (χ2n) is 5.85. The molecule has 9 heteroatoms. The quantitative estimate of drug-likeness (QED) is 0.576. The summed E-state index contributed by atoms with van der Waals surface area (Å²) in [5.74, 6) is -1.17. The summed E-state index contributed by atoms with van der Waals surface area (Å²) >= 11 is 0. The van der Waals surface area contributed by atoms with Crippen LogP contribution in [0.3, 0.4) is 0 Å². The maximum atomic E-state index is 12.3. The fraction of sp³-hybridized carbons (Fsp3) is 0.111. The van der Waals surface area contributed by atoms with Crippen molar-refractivity contribution in [1.29, 1.82) is 0 Å². The van der Waals surface area contributed by atoms with Gasteiger partial charge in [-0.1, -0.05) is 18.2 Å². The summed E-state index contributed by atoms with van der Waals surface area (Å²) < 4.78 is 27.7. The van der Waals surface area contributed by atoms with Crippen LogP contribution in [-0.2, 0) is 19.6 Å². The zero-order chi connectivity index (χ0) is 19.6. The molecule has 1 heterocycles. The van der Waals surface area contributed by atoms with E-state index in [-0.39, 0.29) is 4.90 Å². The van der Waals surface area contributed by atoms with E-state index >= 15 is 0 Å². The molecule has 0 spiro atoms. The number of sulfonamides is 1. The van der Waals surface area contributed by atoms with Gasteiger partial charge in [-0.3, -0.25) is 4.79 Å². The van der Waals surface area contributed by atoms with Crippen LogP contribution in [0.15, 0.2) is 59.6 Å². The first kappa shape index (κ1) is 18.6. The SMILES string of the molecule is C[C@H](OC(=O)c1c[nH]c2ccccc12)C(=O)Nc1ccc(S(N)(=O)=O)cc1.